The lowest BCUT2D eigenvalue weighted by Gasteiger charge is -2.22. The molecule has 3 nitrogen and oxygen atoms in total. The number of hydrogen-bond acceptors (Lipinski definition) is 1. The van der Waals surface area contributed by atoms with Crippen molar-refractivity contribution in [3.05, 3.63) is 150 Å². The molecule has 48 heavy (non-hydrogen) atoms. The fourth-order valence-electron chi connectivity index (χ4n) is 9.23. The predicted molar refractivity (Wildman–Crippen MR) is 199 cm³/mol. The highest BCUT2D eigenvalue weighted by atomic mass is 16.5. The van der Waals surface area contributed by atoms with Crippen molar-refractivity contribution in [1.82, 2.24) is 9.13 Å². The SMILES string of the molecule is CC1(C)c2cc3c(cc2-c2c1ccc1c2OC2=CC=CCC21)c1ccccc1n3-c1ccc2c(c1)c1ccccc1n2C1=CC=CCC1. The number of fused-ring (bicyclic) bond motifs is 13. The maximum absolute atomic E-state index is 6.69. The number of ether oxygens (including phenoxy) is 1. The Balaban J connectivity index is 1.17. The Kier molecular flexibility index (Phi) is 5.13. The number of allylic oxidation sites excluding steroid dienone is 8. The monoisotopic (exact) mass is 618 g/mol. The van der Waals surface area contributed by atoms with Gasteiger partial charge in [0.1, 0.15) is 11.5 Å². The molecule has 0 bridgehead atoms. The first-order valence-corrected chi connectivity index (χ1v) is 17.3. The quantitative estimate of drug-likeness (QED) is 0.189. The van der Waals surface area contributed by atoms with Crippen LogP contribution in [-0.4, -0.2) is 9.13 Å². The van der Waals surface area contributed by atoms with Gasteiger partial charge < -0.3 is 13.9 Å². The van der Waals surface area contributed by atoms with Gasteiger partial charge in [-0.3, -0.25) is 0 Å². The van der Waals surface area contributed by atoms with Crippen molar-refractivity contribution in [2.75, 3.05) is 0 Å². The molecule has 0 saturated heterocycles. The standard InChI is InChI=1S/C45H34N2O/c1-45(2)36-22-21-32-31-16-8-11-19-42(31)48-44(32)43(36)35-25-34-30-15-7-10-18-39(30)47(41(34)26-37(35)45)28-20-23-40-33(24-28)29-14-6-9-17-38(29)46(40)27-12-4-3-5-13-27/h3-4,6-12,14-15,17-26,31H,5,13,16H2,1-2H3. The van der Waals surface area contributed by atoms with Gasteiger partial charge in [0.2, 0.25) is 0 Å². The summed E-state index contributed by atoms with van der Waals surface area (Å²) in [4.78, 5) is 0. The van der Waals surface area contributed by atoms with Crippen LogP contribution in [0.15, 0.2) is 133 Å². The molecule has 3 heteroatoms. The third-order valence-electron chi connectivity index (χ3n) is 11.5. The van der Waals surface area contributed by atoms with Crippen LogP contribution in [0.2, 0.25) is 0 Å². The third-order valence-corrected chi connectivity index (χ3v) is 11.5. The third kappa shape index (κ3) is 3.33. The van der Waals surface area contributed by atoms with Crippen LogP contribution in [0.4, 0.5) is 0 Å². The van der Waals surface area contributed by atoms with E-state index >= 15 is 0 Å². The number of benzene rings is 5. The second-order valence-corrected chi connectivity index (χ2v) is 14.4. The molecule has 0 fully saturated rings. The summed E-state index contributed by atoms with van der Waals surface area (Å²) in [7, 11) is 0. The molecule has 0 spiro atoms. The van der Waals surface area contributed by atoms with E-state index < -0.39 is 0 Å². The summed E-state index contributed by atoms with van der Waals surface area (Å²) < 4.78 is 11.7. The van der Waals surface area contributed by atoms with E-state index in [0.717, 1.165) is 30.8 Å². The molecule has 1 atom stereocenters. The Labute approximate surface area is 279 Å². The average molecular weight is 619 g/mol. The maximum atomic E-state index is 6.69. The van der Waals surface area contributed by atoms with Crippen LogP contribution < -0.4 is 4.74 Å². The van der Waals surface area contributed by atoms with Crippen LogP contribution in [-0.2, 0) is 5.41 Å². The first-order valence-electron chi connectivity index (χ1n) is 17.3. The average Bonchev–Trinajstić information content (AvgIpc) is 3.83. The zero-order chi connectivity index (χ0) is 31.7. The molecule has 230 valence electrons. The molecular formula is C45H34N2O. The van der Waals surface area contributed by atoms with Crippen LogP contribution in [0.1, 0.15) is 55.7 Å². The normalized spacial score (nSPS) is 18.6. The predicted octanol–water partition coefficient (Wildman–Crippen LogP) is 11.7. The van der Waals surface area contributed by atoms with Gasteiger partial charge in [-0.05, 0) is 90.6 Å². The van der Waals surface area contributed by atoms with Gasteiger partial charge >= 0.3 is 0 Å². The first kappa shape index (κ1) is 26.5. The fourth-order valence-corrected chi connectivity index (χ4v) is 9.23. The Hall–Kier alpha value is -5.54. The highest BCUT2D eigenvalue weighted by Crippen LogP contribution is 2.59. The largest absolute Gasteiger partial charge is 0.460 e. The lowest BCUT2D eigenvalue weighted by atomic mass is 9.81. The number of rotatable bonds is 2. The van der Waals surface area contributed by atoms with Crippen LogP contribution >= 0.6 is 0 Å². The summed E-state index contributed by atoms with van der Waals surface area (Å²) in [5, 5.41) is 5.14. The molecule has 11 rings (SSSR count). The summed E-state index contributed by atoms with van der Waals surface area (Å²) in [5.74, 6) is 2.46. The second-order valence-electron chi connectivity index (χ2n) is 14.4. The van der Waals surface area contributed by atoms with Crippen molar-refractivity contribution < 1.29 is 4.74 Å². The second kappa shape index (κ2) is 9.29. The van der Waals surface area contributed by atoms with E-state index in [1.807, 2.05) is 0 Å². The minimum absolute atomic E-state index is 0.154. The molecule has 3 heterocycles. The van der Waals surface area contributed by atoms with E-state index in [2.05, 4.69) is 150 Å². The van der Waals surface area contributed by atoms with Crippen molar-refractivity contribution in [2.24, 2.45) is 0 Å². The van der Waals surface area contributed by atoms with Crippen molar-refractivity contribution in [2.45, 2.75) is 44.4 Å². The first-order chi connectivity index (χ1) is 23.6. The highest BCUT2D eigenvalue weighted by Gasteiger charge is 2.42. The van der Waals surface area contributed by atoms with Crippen LogP contribution in [0.5, 0.6) is 5.75 Å². The summed E-state index contributed by atoms with van der Waals surface area (Å²) in [5.41, 5.74) is 14.0. The van der Waals surface area contributed by atoms with Gasteiger partial charge in [0.05, 0.1) is 22.1 Å². The van der Waals surface area contributed by atoms with Crippen molar-refractivity contribution >= 4 is 49.3 Å². The van der Waals surface area contributed by atoms with Gasteiger partial charge in [0, 0.05) is 55.4 Å². The molecule has 5 aromatic carbocycles. The van der Waals surface area contributed by atoms with E-state index in [4.69, 9.17) is 4.74 Å². The molecule has 0 N–H and O–H groups in total. The molecule has 1 aliphatic heterocycles. The maximum Gasteiger partial charge on any atom is 0.139 e. The summed E-state index contributed by atoms with van der Waals surface area (Å²) in [6.07, 6.45) is 16.4. The molecule has 4 aliphatic rings. The van der Waals surface area contributed by atoms with Crippen molar-refractivity contribution in [3.63, 3.8) is 0 Å². The zero-order valence-electron chi connectivity index (χ0n) is 27.1. The highest BCUT2D eigenvalue weighted by molar-refractivity contribution is 6.14. The van der Waals surface area contributed by atoms with Gasteiger partial charge in [-0.15, -0.1) is 0 Å². The number of para-hydroxylation sites is 2. The Bertz CT molecular complexity index is 2700. The molecule has 0 amide bonds. The Morgan fingerprint density at radius 2 is 1.42 bits per heavy atom. The number of aromatic nitrogens is 2. The lowest BCUT2D eigenvalue weighted by molar-refractivity contribution is 0.426. The fraction of sp³-hybridized carbons (Fsp3) is 0.156. The van der Waals surface area contributed by atoms with Crippen molar-refractivity contribution in [3.8, 4) is 22.6 Å². The van der Waals surface area contributed by atoms with E-state index in [-0.39, 0.29) is 5.41 Å². The van der Waals surface area contributed by atoms with E-state index in [1.54, 1.807) is 0 Å². The Morgan fingerprint density at radius 3 is 2.23 bits per heavy atom. The summed E-state index contributed by atoms with van der Waals surface area (Å²) >= 11 is 0. The van der Waals surface area contributed by atoms with E-state index in [0.29, 0.717) is 5.92 Å². The Morgan fingerprint density at radius 1 is 0.667 bits per heavy atom. The van der Waals surface area contributed by atoms with Gasteiger partial charge in [-0.1, -0.05) is 86.7 Å². The van der Waals surface area contributed by atoms with Crippen LogP contribution in [0, 0.1) is 0 Å². The van der Waals surface area contributed by atoms with Crippen molar-refractivity contribution in [1.29, 1.82) is 0 Å². The summed E-state index contributed by atoms with van der Waals surface area (Å²) in [6, 6.07) is 34.5. The molecule has 1 unspecified atom stereocenters. The zero-order valence-corrected chi connectivity index (χ0v) is 27.1. The summed E-state index contributed by atoms with van der Waals surface area (Å²) in [6.45, 7) is 4.75. The molecule has 3 aliphatic carbocycles. The molecular weight excluding hydrogens is 585 g/mol. The van der Waals surface area contributed by atoms with Crippen LogP contribution in [0.3, 0.4) is 0 Å². The topological polar surface area (TPSA) is 19.1 Å². The number of nitrogens with zero attached hydrogens (tertiary/aromatic N) is 2. The molecule has 0 radical (unpaired) electrons. The van der Waals surface area contributed by atoms with Gasteiger partial charge in [0.15, 0.2) is 0 Å². The van der Waals surface area contributed by atoms with Gasteiger partial charge in [0.25, 0.3) is 0 Å². The molecule has 2 aromatic heterocycles. The number of hydrogen-bond donors (Lipinski definition) is 0. The molecule has 0 saturated carbocycles. The minimum atomic E-state index is -0.154. The molecule has 7 aromatic rings. The van der Waals surface area contributed by atoms with Crippen LogP contribution in [0.25, 0.3) is 66.1 Å². The van der Waals surface area contributed by atoms with Gasteiger partial charge in [-0.2, -0.15) is 0 Å². The smallest absolute Gasteiger partial charge is 0.139 e. The lowest BCUT2D eigenvalue weighted by Crippen LogP contribution is -2.15. The van der Waals surface area contributed by atoms with E-state index in [1.165, 1.54) is 82.8 Å². The van der Waals surface area contributed by atoms with Gasteiger partial charge in [-0.25, -0.2) is 0 Å². The van der Waals surface area contributed by atoms with E-state index in [9.17, 15) is 0 Å². The minimum Gasteiger partial charge on any atom is -0.460 e.